The van der Waals surface area contributed by atoms with E-state index in [-0.39, 0.29) is 29.4 Å². The maximum absolute atomic E-state index is 14.3. The molecule has 1 aliphatic carbocycles. The average molecular weight is 493 g/mol. The number of primary amides is 1. The number of anilines is 1. The second-order valence-corrected chi connectivity index (χ2v) is 9.13. The normalized spacial score (nSPS) is 20.2. The molecule has 3 N–H and O–H groups in total. The summed E-state index contributed by atoms with van der Waals surface area (Å²) < 4.78 is 26.5. The number of methoxy groups -OCH3 is 2. The number of halogens is 1. The highest BCUT2D eigenvalue weighted by atomic mass is 19.1. The second kappa shape index (κ2) is 8.80. The van der Waals surface area contributed by atoms with E-state index in [0.717, 1.165) is 0 Å². The fourth-order valence-corrected chi connectivity index (χ4v) is 4.70. The van der Waals surface area contributed by atoms with Crippen molar-refractivity contribution in [2.24, 2.45) is 11.1 Å². The number of amides is 2. The van der Waals surface area contributed by atoms with Crippen LogP contribution in [0.5, 0.6) is 5.75 Å². The number of aromatic nitrogens is 2. The summed E-state index contributed by atoms with van der Waals surface area (Å²) >= 11 is 0. The van der Waals surface area contributed by atoms with Crippen molar-refractivity contribution in [2.45, 2.75) is 25.0 Å². The molecule has 36 heavy (non-hydrogen) atoms. The molecule has 2 aliphatic rings. The van der Waals surface area contributed by atoms with Crippen molar-refractivity contribution in [1.82, 2.24) is 14.5 Å². The first-order valence-electron chi connectivity index (χ1n) is 11.5. The summed E-state index contributed by atoms with van der Waals surface area (Å²) in [6.07, 6.45) is 3.83. The Morgan fingerprint density at radius 2 is 2.03 bits per heavy atom. The molecular formula is C25H25FN6O4. The lowest BCUT2D eigenvalue weighted by Gasteiger charge is -2.21. The van der Waals surface area contributed by atoms with Gasteiger partial charge in [0.25, 0.3) is 5.91 Å². The summed E-state index contributed by atoms with van der Waals surface area (Å²) in [5.74, 6) is -1.24. The van der Waals surface area contributed by atoms with Crippen molar-refractivity contribution in [3.05, 3.63) is 48.0 Å². The summed E-state index contributed by atoms with van der Waals surface area (Å²) in [5, 5.41) is 17.1. The number of rotatable bonds is 7. The lowest BCUT2D eigenvalue weighted by Crippen LogP contribution is -2.37. The first-order valence-corrected chi connectivity index (χ1v) is 11.5. The number of carbonyl (C=O) groups is 2. The van der Waals surface area contributed by atoms with Crippen LogP contribution in [-0.4, -0.2) is 65.8 Å². The van der Waals surface area contributed by atoms with E-state index >= 15 is 0 Å². The summed E-state index contributed by atoms with van der Waals surface area (Å²) in [7, 11) is 2.95. The van der Waals surface area contributed by atoms with Gasteiger partial charge >= 0.3 is 0 Å². The molecule has 1 saturated carbocycles. The number of carbonyl (C=O) groups excluding carboxylic acids is 2. The number of nitrogens with zero attached hydrogens (tertiary/aromatic N) is 4. The molecule has 2 aromatic heterocycles. The van der Waals surface area contributed by atoms with Gasteiger partial charge in [-0.05, 0) is 36.6 Å². The molecule has 0 radical (unpaired) electrons. The zero-order chi connectivity index (χ0) is 25.6. The summed E-state index contributed by atoms with van der Waals surface area (Å²) in [6.45, 7) is 0.617. The predicted octanol–water partition coefficient (Wildman–Crippen LogP) is 2.19. The SMILES string of the molecule is COc1ccc(-c2cc3c(N[C@@H]4CN(C(=O)C5(C#N)CC5)C[C@@H]4OC)c(C(N)=O)cnn3c2)cc1F. The minimum absolute atomic E-state index is 0.134. The predicted molar refractivity (Wildman–Crippen MR) is 128 cm³/mol. The number of likely N-dealkylation sites (tertiary alicyclic amines) is 1. The van der Waals surface area contributed by atoms with Gasteiger partial charge in [-0.15, -0.1) is 0 Å². The molecule has 0 unspecified atom stereocenters. The Morgan fingerprint density at radius 1 is 1.25 bits per heavy atom. The minimum Gasteiger partial charge on any atom is -0.494 e. The van der Waals surface area contributed by atoms with Crippen LogP contribution in [0.4, 0.5) is 10.1 Å². The minimum atomic E-state index is -0.931. The molecule has 2 amide bonds. The second-order valence-electron chi connectivity index (χ2n) is 9.13. The maximum Gasteiger partial charge on any atom is 0.252 e. The summed E-state index contributed by atoms with van der Waals surface area (Å²) in [4.78, 5) is 26.8. The van der Waals surface area contributed by atoms with Gasteiger partial charge in [-0.2, -0.15) is 10.4 Å². The molecule has 5 rings (SSSR count). The number of hydrogen-bond donors (Lipinski definition) is 2. The largest absolute Gasteiger partial charge is 0.494 e. The van der Waals surface area contributed by atoms with Crippen LogP contribution in [0, 0.1) is 22.6 Å². The van der Waals surface area contributed by atoms with E-state index < -0.39 is 17.1 Å². The Labute approximate surface area is 206 Å². The monoisotopic (exact) mass is 492 g/mol. The van der Waals surface area contributed by atoms with Gasteiger partial charge in [-0.25, -0.2) is 8.91 Å². The van der Waals surface area contributed by atoms with Crippen molar-refractivity contribution >= 4 is 23.0 Å². The van der Waals surface area contributed by atoms with Crippen molar-refractivity contribution in [3.8, 4) is 22.9 Å². The number of ether oxygens (including phenoxy) is 2. The Balaban J connectivity index is 1.50. The third-order valence-corrected chi connectivity index (χ3v) is 6.95. The molecule has 186 valence electrons. The quantitative estimate of drug-likeness (QED) is 0.516. The zero-order valence-corrected chi connectivity index (χ0v) is 19.8. The fraction of sp³-hybridized carbons (Fsp3) is 0.360. The number of nitrogens with one attached hydrogen (secondary N) is 1. The van der Waals surface area contributed by atoms with Crippen LogP contribution in [0.15, 0.2) is 36.7 Å². The van der Waals surface area contributed by atoms with Gasteiger partial charge < -0.3 is 25.4 Å². The first kappa shape index (κ1) is 23.6. The molecule has 0 spiro atoms. The molecule has 11 heteroatoms. The third-order valence-electron chi connectivity index (χ3n) is 6.95. The lowest BCUT2D eigenvalue weighted by atomic mass is 10.1. The topological polar surface area (TPSA) is 135 Å². The zero-order valence-electron chi connectivity index (χ0n) is 19.8. The molecule has 1 aromatic carbocycles. The first-order chi connectivity index (χ1) is 17.3. The van der Waals surface area contributed by atoms with Crippen molar-refractivity contribution in [1.29, 1.82) is 5.26 Å². The van der Waals surface area contributed by atoms with Crippen molar-refractivity contribution < 1.29 is 23.5 Å². The Hall–Kier alpha value is -4.17. The third kappa shape index (κ3) is 3.89. The molecule has 3 aromatic rings. The van der Waals surface area contributed by atoms with Gasteiger partial charge in [0.1, 0.15) is 5.41 Å². The van der Waals surface area contributed by atoms with E-state index in [2.05, 4.69) is 16.5 Å². The molecular weight excluding hydrogens is 467 g/mol. The van der Waals surface area contributed by atoms with Gasteiger partial charge in [0.2, 0.25) is 5.91 Å². The number of benzene rings is 1. The standard InChI is InChI=1S/C25H25FN6O4/c1-35-20-4-3-14(7-17(20)26)15-8-19-22(16(23(28)33)9-29-32(19)10-15)30-18-11-31(12-21(18)36-2)24(34)25(13-27)5-6-25/h3-4,7-10,18,21,30H,5-6,11-12H2,1-2H3,(H2,28,33)/t18-,21+/m1/s1. The van der Waals surface area contributed by atoms with Crippen LogP contribution in [0.2, 0.25) is 0 Å². The number of hydrogen-bond acceptors (Lipinski definition) is 7. The molecule has 0 bridgehead atoms. The molecule has 1 saturated heterocycles. The highest BCUT2D eigenvalue weighted by Gasteiger charge is 2.54. The maximum atomic E-state index is 14.3. The number of nitrogens with two attached hydrogens (primary N) is 1. The Bertz CT molecular complexity index is 1410. The molecule has 2 fully saturated rings. The lowest BCUT2D eigenvalue weighted by molar-refractivity contribution is -0.134. The molecule has 3 heterocycles. The van der Waals surface area contributed by atoms with E-state index in [4.69, 9.17) is 15.2 Å². The van der Waals surface area contributed by atoms with Crippen LogP contribution in [0.3, 0.4) is 0 Å². The molecule has 1 aliphatic heterocycles. The van der Waals surface area contributed by atoms with Gasteiger partial charge in [0, 0.05) is 32.0 Å². The average Bonchev–Trinajstić information content (AvgIpc) is 3.37. The molecule has 2 atom stereocenters. The molecule has 10 nitrogen and oxygen atoms in total. The van der Waals surface area contributed by atoms with Crippen molar-refractivity contribution in [3.63, 3.8) is 0 Å². The smallest absolute Gasteiger partial charge is 0.252 e. The Kier molecular flexibility index (Phi) is 5.76. The highest BCUT2D eigenvalue weighted by Crippen LogP contribution is 2.47. The summed E-state index contributed by atoms with van der Waals surface area (Å²) in [6, 6.07) is 8.18. The van der Waals surface area contributed by atoms with E-state index in [1.165, 1.54) is 25.4 Å². The van der Waals surface area contributed by atoms with Crippen LogP contribution in [0.1, 0.15) is 23.2 Å². The van der Waals surface area contributed by atoms with Gasteiger partial charge in [-0.3, -0.25) is 9.59 Å². The van der Waals surface area contributed by atoms with E-state index in [1.54, 1.807) is 34.9 Å². The highest BCUT2D eigenvalue weighted by molar-refractivity contribution is 6.02. The number of fused-ring (bicyclic) bond motifs is 1. The van der Waals surface area contributed by atoms with E-state index in [1.807, 2.05) is 0 Å². The number of nitriles is 1. The fourth-order valence-electron chi connectivity index (χ4n) is 4.70. The Morgan fingerprint density at radius 3 is 2.64 bits per heavy atom. The van der Waals surface area contributed by atoms with E-state index in [0.29, 0.717) is 48.3 Å². The van der Waals surface area contributed by atoms with E-state index in [9.17, 15) is 19.2 Å². The van der Waals surface area contributed by atoms with Crippen LogP contribution < -0.4 is 15.8 Å². The van der Waals surface area contributed by atoms with Crippen LogP contribution in [-0.2, 0) is 9.53 Å². The van der Waals surface area contributed by atoms with Gasteiger partial charge in [-0.1, -0.05) is 6.07 Å². The van der Waals surface area contributed by atoms with Crippen molar-refractivity contribution in [2.75, 3.05) is 32.6 Å². The van der Waals surface area contributed by atoms with Gasteiger partial charge in [0.15, 0.2) is 11.6 Å². The van der Waals surface area contributed by atoms with Gasteiger partial charge in [0.05, 0.1) is 48.3 Å². The van der Waals surface area contributed by atoms with Crippen LogP contribution >= 0.6 is 0 Å². The summed E-state index contributed by atoms with van der Waals surface area (Å²) in [5.41, 5.74) is 7.14. The van der Waals surface area contributed by atoms with Crippen LogP contribution in [0.25, 0.3) is 16.6 Å².